The predicted molar refractivity (Wildman–Crippen MR) is 111 cm³/mol. The summed E-state index contributed by atoms with van der Waals surface area (Å²) in [6.07, 6.45) is 0. The second-order valence-corrected chi connectivity index (χ2v) is 8.66. The fourth-order valence-electron chi connectivity index (χ4n) is 2.93. The van der Waals surface area contributed by atoms with E-state index >= 15 is 0 Å². The van der Waals surface area contributed by atoms with Gasteiger partial charge in [0.15, 0.2) is 5.11 Å². The third-order valence-corrected chi connectivity index (χ3v) is 6.81. The van der Waals surface area contributed by atoms with E-state index in [1.165, 1.54) is 4.31 Å². The van der Waals surface area contributed by atoms with Gasteiger partial charge in [-0.15, -0.1) is 0 Å². The zero-order chi connectivity index (χ0) is 19.4. The van der Waals surface area contributed by atoms with Gasteiger partial charge in [-0.05, 0) is 43.4 Å². The number of hydrogen-bond donors (Lipinski definition) is 1. The van der Waals surface area contributed by atoms with Crippen LogP contribution in [0.4, 0.5) is 5.69 Å². The van der Waals surface area contributed by atoms with E-state index in [-0.39, 0.29) is 0 Å². The van der Waals surface area contributed by atoms with Crippen molar-refractivity contribution in [2.75, 3.05) is 38.6 Å². The molecule has 6 nitrogen and oxygen atoms in total. The van der Waals surface area contributed by atoms with Crippen molar-refractivity contribution in [1.82, 2.24) is 9.21 Å². The first kappa shape index (κ1) is 19.6. The highest BCUT2D eigenvalue weighted by atomic mass is 32.2. The lowest BCUT2D eigenvalue weighted by Crippen LogP contribution is -2.51. The van der Waals surface area contributed by atoms with E-state index in [9.17, 15) is 8.42 Å². The van der Waals surface area contributed by atoms with E-state index in [1.54, 1.807) is 19.2 Å². The molecule has 144 valence electrons. The molecule has 8 heteroatoms. The Bertz CT molecular complexity index is 906. The first-order valence-electron chi connectivity index (χ1n) is 8.67. The lowest BCUT2D eigenvalue weighted by molar-refractivity contribution is 0.268. The van der Waals surface area contributed by atoms with Crippen LogP contribution >= 0.6 is 12.2 Å². The Hall–Kier alpha value is -2.16. The molecule has 1 aliphatic rings. The Morgan fingerprint density at radius 1 is 1.04 bits per heavy atom. The van der Waals surface area contributed by atoms with Gasteiger partial charge in [0.05, 0.1) is 17.7 Å². The fourth-order valence-corrected chi connectivity index (χ4v) is 4.65. The van der Waals surface area contributed by atoms with Gasteiger partial charge >= 0.3 is 0 Å². The van der Waals surface area contributed by atoms with Crippen LogP contribution in [0.5, 0.6) is 5.75 Å². The molecule has 0 spiro atoms. The molecule has 1 heterocycles. The summed E-state index contributed by atoms with van der Waals surface area (Å²) in [7, 11) is -1.87. The molecule has 0 saturated carbocycles. The number of benzene rings is 2. The highest BCUT2D eigenvalue weighted by Crippen LogP contribution is 2.24. The number of aryl methyl sites for hydroxylation is 1. The number of anilines is 1. The smallest absolute Gasteiger partial charge is 0.243 e. The number of nitrogens with one attached hydrogen (secondary N) is 1. The van der Waals surface area contributed by atoms with E-state index in [0.717, 1.165) is 11.3 Å². The Balaban J connectivity index is 1.63. The molecule has 0 unspecified atom stereocenters. The number of piperazine rings is 1. The molecule has 0 aliphatic carbocycles. The van der Waals surface area contributed by atoms with Crippen molar-refractivity contribution >= 4 is 33.0 Å². The zero-order valence-electron chi connectivity index (χ0n) is 15.4. The molecule has 0 atom stereocenters. The largest absolute Gasteiger partial charge is 0.495 e. The van der Waals surface area contributed by atoms with Gasteiger partial charge in [0.1, 0.15) is 5.75 Å². The molecule has 27 heavy (non-hydrogen) atoms. The summed E-state index contributed by atoms with van der Waals surface area (Å²) < 4.78 is 32.4. The number of sulfonamides is 1. The first-order valence-corrected chi connectivity index (χ1v) is 10.5. The summed E-state index contributed by atoms with van der Waals surface area (Å²) in [6.45, 7) is 3.79. The number of thiocarbonyl (C=S) groups is 1. The number of para-hydroxylation sites is 2. The molecule has 0 amide bonds. The third kappa shape index (κ3) is 4.40. The Kier molecular flexibility index (Phi) is 5.98. The monoisotopic (exact) mass is 405 g/mol. The van der Waals surface area contributed by atoms with Crippen molar-refractivity contribution in [3.8, 4) is 5.75 Å². The molecule has 1 saturated heterocycles. The van der Waals surface area contributed by atoms with E-state index in [4.69, 9.17) is 17.0 Å². The van der Waals surface area contributed by atoms with E-state index in [0.29, 0.717) is 41.9 Å². The highest BCUT2D eigenvalue weighted by molar-refractivity contribution is 7.89. The molecule has 2 aromatic rings. The summed E-state index contributed by atoms with van der Waals surface area (Å²) in [4.78, 5) is 2.31. The molecular weight excluding hydrogens is 382 g/mol. The van der Waals surface area contributed by atoms with Gasteiger partial charge in [-0.2, -0.15) is 4.31 Å². The highest BCUT2D eigenvalue weighted by Gasteiger charge is 2.29. The minimum Gasteiger partial charge on any atom is -0.495 e. The normalized spacial score (nSPS) is 15.4. The van der Waals surface area contributed by atoms with E-state index < -0.39 is 10.0 Å². The second kappa shape index (κ2) is 8.24. The maximum Gasteiger partial charge on any atom is 0.243 e. The fraction of sp³-hybridized carbons (Fsp3) is 0.316. The number of hydrogen-bond acceptors (Lipinski definition) is 4. The van der Waals surface area contributed by atoms with Crippen LogP contribution in [0.1, 0.15) is 5.56 Å². The van der Waals surface area contributed by atoms with Crippen LogP contribution in [0.15, 0.2) is 53.4 Å². The van der Waals surface area contributed by atoms with Crippen LogP contribution in [0.25, 0.3) is 0 Å². The molecule has 3 rings (SSSR count). The minimum atomic E-state index is -3.47. The Morgan fingerprint density at radius 2 is 1.67 bits per heavy atom. The molecule has 0 aromatic heterocycles. The maximum absolute atomic E-state index is 12.8. The Labute approximate surface area is 165 Å². The molecule has 2 aromatic carbocycles. The Morgan fingerprint density at radius 3 is 2.30 bits per heavy atom. The van der Waals surface area contributed by atoms with Gasteiger partial charge < -0.3 is 15.0 Å². The van der Waals surface area contributed by atoms with Crippen LogP contribution in [0.3, 0.4) is 0 Å². The average molecular weight is 406 g/mol. The number of nitrogens with zero attached hydrogens (tertiary/aromatic N) is 2. The molecular formula is C19H23N3O3S2. The topological polar surface area (TPSA) is 61.9 Å². The third-order valence-electron chi connectivity index (χ3n) is 4.53. The van der Waals surface area contributed by atoms with Crippen molar-refractivity contribution in [2.45, 2.75) is 11.8 Å². The van der Waals surface area contributed by atoms with Crippen molar-refractivity contribution in [3.05, 3.63) is 54.1 Å². The van der Waals surface area contributed by atoms with Crippen LogP contribution in [-0.4, -0.2) is 56.0 Å². The van der Waals surface area contributed by atoms with Crippen molar-refractivity contribution < 1.29 is 13.2 Å². The van der Waals surface area contributed by atoms with Crippen molar-refractivity contribution in [3.63, 3.8) is 0 Å². The standard InChI is InChI=1S/C19H23N3O3S2/c1-15-7-9-16(10-8-15)27(23,24)22-13-11-21(12-14-22)19(26)20-17-5-3-4-6-18(17)25-2/h3-10H,11-14H2,1-2H3,(H,20,26). The van der Waals surface area contributed by atoms with Gasteiger partial charge in [0.25, 0.3) is 0 Å². The summed E-state index contributed by atoms with van der Waals surface area (Å²) in [5.74, 6) is 0.709. The van der Waals surface area contributed by atoms with Crippen molar-refractivity contribution in [2.24, 2.45) is 0 Å². The van der Waals surface area contributed by atoms with E-state index in [1.807, 2.05) is 48.2 Å². The van der Waals surface area contributed by atoms with E-state index in [2.05, 4.69) is 5.32 Å². The number of ether oxygens (including phenoxy) is 1. The van der Waals surface area contributed by atoms with Crippen LogP contribution in [0.2, 0.25) is 0 Å². The first-order chi connectivity index (χ1) is 12.9. The second-order valence-electron chi connectivity index (χ2n) is 6.33. The van der Waals surface area contributed by atoms with Gasteiger partial charge in [0.2, 0.25) is 10.0 Å². The van der Waals surface area contributed by atoms with Gasteiger partial charge in [-0.1, -0.05) is 29.8 Å². The van der Waals surface area contributed by atoms with Crippen LogP contribution in [-0.2, 0) is 10.0 Å². The lowest BCUT2D eigenvalue weighted by Gasteiger charge is -2.35. The average Bonchev–Trinajstić information content (AvgIpc) is 2.69. The molecule has 1 aliphatic heterocycles. The quantitative estimate of drug-likeness (QED) is 0.790. The molecule has 1 N–H and O–H groups in total. The molecule has 0 bridgehead atoms. The number of rotatable bonds is 4. The summed E-state index contributed by atoms with van der Waals surface area (Å²) >= 11 is 5.49. The van der Waals surface area contributed by atoms with Gasteiger partial charge in [-0.3, -0.25) is 0 Å². The maximum atomic E-state index is 12.8. The van der Waals surface area contributed by atoms with Crippen molar-refractivity contribution in [1.29, 1.82) is 0 Å². The summed E-state index contributed by atoms with van der Waals surface area (Å²) in [5, 5.41) is 3.75. The SMILES string of the molecule is COc1ccccc1NC(=S)N1CCN(S(=O)(=O)c2ccc(C)cc2)CC1. The van der Waals surface area contributed by atoms with Crippen LogP contribution < -0.4 is 10.1 Å². The minimum absolute atomic E-state index is 0.330. The zero-order valence-corrected chi connectivity index (χ0v) is 17.0. The molecule has 0 radical (unpaired) electrons. The molecule has 1 fully saturated rings. The van der Waals surface area contributed by atoms with Crippen LogP contribution in [0, 0.1) is 6.92 Å². The number of methoxy groups -OCH3 is 1. The summed E-state index contributed by atoms with van der Waals surface area (Å²) in [6, 6.07) is 14.5. The van der Waals surface area contributed by atoms with Gasteiger partial charge in [-0.25, -0.2) is 8.42 Å². The predicted octanol–water partition coefficient (Wildman–Crippen LogP) is 2.71. The summed E-state index contributed by atoms with van der Waals surface area (Å²) in [5.41, 5.74) is 1.83. The lowest BCUT2D eigenvalue weighted by atomic mass is 10.2. The van der Waals surface area contributed by atoms with Gasteiger partial charge in [0, 0.05) is 26.2 Å².